The van der Waals surface area contributed by atoms with E-state index < -0.39 is 9.84 Å². The van der Waals surface area contributed by atoms with Crippen molar-refractivity contribution in [3.05, 3.63) is 77.4 Å². The van der Waals surface area contributed by atoms with Crippen LogP contribution in [-0.2, 0) is 9.84 Å². The molecule has 0 radical (unpaired) electrons. The second kappa shape index (κ2) is 10.8. The van der Waals surface area contributed by atoms with Crippen molar-refractivity contribution in [2.75, 3.05) is 32.4 Å². The van der Waals surface area contributed by atoms with Crippen LogP contribution in [0.4, 0.5) is 0 Å². The van der Waals surface area contributed by atoms with Crippen LogP contribution in [-0.4, -0.2) is 61.4 Å². The largest absolute Gasteiger partial charge is 0.349 e. The molecule has 0 spiro atoms. The molecule has 0 saturated carbocycles. The van der Waals surface area contributed by atoms with Gasteiger partial charge in [0.2, 0.25) is 0 Å². The summed E-state index contributed by atoms with van der Waals surface area (Å²) in [6.07, 6.45) is 3.62. The smallest absolute Gasteiger partial charge is 0.271 e. The zero-order chi connectivity index (χ0) is 26.0. The van der Waals surface area contributed by atoms with E-state index in [1.165, 1.54) is 30.4 Å². The summed E-state index contributed by atoms with van der Waals surface area (Å²) in [6, 6.07) is 19.9. The van der Waals surface area contributed by atoms with Crippen molar-refractivity contribution in [2.45, 2.75) is 17.7 Å². The first kappa shape index (κ1) is 25.7. The number of hydrogen-bond acceptors (Lipinski definition) is 6. The lowest BCUT2D eigenvalue weighted by Gasteiger charge is -2.14. The van der Waals surface area contributed by atoms with Crippen molar-refractivity contribution in [3.63, 3.8) is 0 Å². The Morgan fingerprint density at radius 2 is 1.78 bits per heavy atom. The first-order valence-electron chi connectivity index (χ1n) is 12.1. The van der Waals surface area contributed by atoms with Crippen LogP contribution in [0.2, 0.25) is 5.02 Å². The average Bonchev–Trinajstić information content (AvgIpc) is 3.64. The second-order valence-electron chi connectivity index (χ2n) is 9.05. The summed E-state index contributed by atoms with van der Waals surface area (Å²) in [5.41, 5.74) is 2.52. The molecule has 192 valence electrons. The van der Waals surface area contributed by atoms with Crippen LogP contribution < -0.4 is 5.32 Å². The molecule has 1 fully saturated rings. The van der Waals surface area contributed by atoms with E-state index in [1.54, 1.807) is 35.0 Å². The van der Waals surface area contributed by atoms with Gasteiger partial charge >= 0.3 is 0 Å². The summed E-state index contributed by atoms with van der Waals surface area (Å²) >= 11 is 8.00. The maximum Gasteiger partial charge on any atom is 0.271 e. The fourth-order valence-electron chi connectivity index (χ4n) is 4.41. The predicted molar refractivity (Wildman–Crippen MR) is 148 cm³/mol. The number of thiophene rings is 1. The molecule has 0 atom stereocenters. The Bertz CT molecular complexity index is 1540. The molecular weight excluding hydrogens is 528 g/mol. The summed E-state index contributed by atoms with van der Waals surface area (Å²) in [7, 11) is -3.32. The molecule has 0 aliphatic carbocycles. The van der Waals surface area contributed by atoms with E-state index in [-0.39, 0.29) is 10.8 Å². The molecule has 2 aromatic heterocycles. The summed E-state index contributed by atoms with van der Waals surface area (Å²) < 4.78 is 25.8. The Labute approximate surface area is 225 Å². The lowest BCUT2D eigenvalue weighted by molar-refractivity contribution is 0.0944. The average molecular weight is 555 g/mol. The number of sulfone groups is 1. The van der Waals surface area contributed by atoms with Gasteiger partial charge < -0.3 is 10.2 Å². The van der Waals surface area contributed by atoms with Crippen molar-refractivity contribution in [1.82, 2.24) is 20.0 Å². The lowest BCUT2D eigenvalue weighted by atomic mass is 10.2. The SMILES string of the molecule is CS(=O)(=O)c1cccc(-c2ccc(-c3cc(C(=O)NCCN4CCCC4)nn3-c3ccccc3Cl)s2)c1. The van der Waals surface area contributed by atoms with Crippen LogP contribution in [0.15, 0.2) is 71.6 Å². The molecule has 2 aromatic carbocycles. The summed E-state index contributed by atoms with van der Waals surface area (Å²) in [5.74, 6) is -0.233. The van der Waals surface area contributed by atoms with E-state index >= 15 is 0 Å². The monoisotopic (exact) mass is 554 g/mol. The number of aromatic nitrogens is 2. The van der Waals surface area contributed by atoms with Crippen molar-refractivity contribution in [1.29, 1.82) is 0 Å². The van der Waals surface area contributed by atoms with Crippen LogP contribution >= 0.6 is 22.9 Å². The highest BCUT2D eigenvalue weighted by atomic mass is 35.5. The normalized spacial score (nSPS) is 14.2. The molecule has 37 heavy (non-hydrogen) atoms. The maximum atomic E-state index is 13.0. The quantitative estimate of drug-likeness (QED) is 0.325. The van der Waals surface area contributed by atoms with Crippen molar-refractivity contribution >= 4 is 38.7 Å². The number of nitrogens with one attached hydrogen (secondary N) is 1. The van der Waals surface area contributed by atoms with Crippen molar-refractivity contribution in [3.8, 4) is 26.7 Å². The van der Waals surface area contributed by atoms with Gasteiger partial charge in [-0.05, 0) is 74.0 Å². The highest BCUT2D eigenvalue weighted by Crippen LogP contribution is 2.37. The highest BCUT2D eigenvalue weighted by Gasteiger charge is 2.20. The molecule has 4 aromatic rings. The van der Waals surface area contributed by atoms with Crippen molar-refractivity contribution in [2.24, 2.45) is 0 Å². The molecule has 1 amide bonds. The van der Waals surface area contributed by atoms with E-state index in [0.717, 1.165) is 40.6 Å². The number of halogens is 1. The molecule has 10 heteroatoms. The topological polar surface area (TPSA) is 84.3 Å². The maximum absolute atomic E-state index is 13.0. The molecular formula is C27H27ClN4O3S2. The van der Waals surface area contributed by atoms with Gasteiger partial charge in [0, 0.05) is 24.2 Å². The van der Waals surface area contributed by atoms with Crippen LogP contribution in [0.5, 0.6) is 0 Å². The molecule has 0 unspecified atom stereocenters. The Kier molecular flexibility index (Phi) is 7.48. The number of amides is 1. The molecule has 0 bridgehead atoms. The molecule has 1 aliphatic heterocycles. The van der Waals surface area contributed by atoms with Gasteiger partial charge in [0.05, 0.1) is 26.2 Å². The number of likely N-dealkylation sites (tertiary alicyclic amines) is 1. The summed E-state index contributed by atoms with van der Waals surface area (Å²) in [6.45, 7) is 3.54. The lowest BCUT2D eigenvalue weighted by Crippen LogP contribution is -2.33. The molecule has 1 N–H and O–H groups in total. The van der Waals surface area contributed by atoms with Crippen molar-refractivity contribution < 1.29 is 13.2 Å². The molecule has 3 heterocycles. The van der Waals surface area contributed by atoms with Gasteiger partial charge in [0.1, 0.15) is 0 Å². The van der Waals surface area contributed by atoms with Gasteiger partial charge in [0.25, 0.3) is 5.91 Å². The van der Waals surface area contributed by atoms with E-state index in [4.69, 9.17) is 11.6 Å². The van der Waals surface area contributed by atoms with Crippen LogP contribution in [0.25, 0.3) is 26.7 Å². The van der Waals surface area contributed by atoms with Gasteiger partial charge in [-0.15, -0.1) is 11.3 Å². The van der Waals surface area contributed by atoms with Gasteiger partial charge in [-0.25, -0.2) is 13.1 Å². The Balaban J connectivity index is 1.47. The number of benzene rings is 2. The minimum absolute atomic E-state index is 0.233. The molecule has 5 rings (SSSR count). The van der Waals surface area contributed by atoms with Gasteiger partial charge in [-0.3, -0.25) is 4.79 Å². The summed E-state index contributed by atoms with van der Waals surface area (Å²) in [5, 5.41) is 8.14. The number of carbonyl (C=O) groups excluding carboxylic acids is 1. The molecule has 1 aliphatic rings. The van der Waals surface area contributed by atoms with E-state index in [1.807, 2.05) is 36.4 Å². The minimum Gasteiger partial charge on any atom is -0.349 e. The number of carbonyl (C=O) groups is 1. The third-order valence-electron chi connectivity index (χ3n) is 6.34. The fraction of sp³-hybridized carbons (Fsp3) is 0.259. The third-order valence-corrected chi connectivity index (χ3v) is 8.93. The number of rotatable bonds is 8. The first-order valence-corrected chi connectivity index (χ1v) is 15.1. The van der Waals surface area contributed by atoms with E-state index in [2.05, 4.69) is 15.3 Å². The second-order valence-corrected chi connectivity index (χ2v) is 12.6. The highest BCUT2D eigenvalue weighted by molar-refractivity contribution is 7.90. The standard InChI is InChI=1S/C27H27ClN4O3S2/c1-37(34,35)20-8-6-7-19(17-20)25-11-12-26(36-25)24-18-22(27(33)29-13-16-31-14-4-5-15-31)30-32(24)23-10-3-2-9-21(23)28/h2-3,6-12,17-18H,4-5,13-16H2,1H3,(H,29,33). The number of hydrogen-bond donors (Lipinski definition) is 1. The molecule has 7 nitrogen and oxygen atoms in total. The van der Waals surface area contributed by atoms with Gasteiger partial charge in [0.15, 0.2) is 15.5 Å². The number of para-hydroxylation sites is 1. The number of nitrogens with zero attached hydrogens (tertiary/aromatic N) is 3. The Morgan fingerprint density at radius 1 is 1.03 bits per heavy atom. The van der Waals surface area contributed by atoms with E-state index in [9.17, 15) is 13.2 Å². The first-order chi connectivity index (χ1) is 17.8. The Hall–Kier alpha value is -2.98. The van der Waals surface area contributed by atoms with Crippen LogP contribution in [0.3, 0.4) is 0 Å². The van der Waals surface area contributed by atoms with Gasteiger partial charge in [-0.1, -0.05) is 35.9 Å². The summed E-state index contributed by atoms with van der Waals surface area (Å²) in [4.78, 5) is 17.4. The minimum atomic E-state index is -3.32. The predicted octanol–water partition coefficient (Wildman–Crippen LogP) is 5.15. The fourth-order valence-corrected chi connectivity index (χ4v) is 6.30. The van der Waals surface area contributed by atoms with E-state index in [0.29, 0.717) is 22.9 Å². The Morgan fingerprint density at radius 3 is 2.54 bits per heavy atom. The van der Waals surface area contributed by atoms with Crippen LogP contribution in [0.1, 0.15) is 23.3 Å². The van der Waals surface area contributed by atoms with Crippen LogP contribution in [0, 0.1) is 0 Å². The molecule has 1 saturated heterocycles. The third kappa shape index (κ3) is 5.80. The van der Waals surface area contributed by atoms with Gasteiger partial charge in [-0.2, -0.15) is 5.10 Å². The zero-order valence-electron chi connectivity index (χ0n) is 20.4. The zero-order valence-corrected chi connectivity index (χ0v) is 22.7.